The first-order valence-electron chi connectivity index (χ1n) is 8.80. The molecule has 1 N–H and O–H groups in total. The van der Waals surface area contributed by atoms with Crippen LogP contribution in [0.25, 0.3) is 21.3 Å². The maximum atomic E-state index is 13.1. The Balaban J connectivity index is 1.59. The molecular formula is C18H15N9OS. The minimum Gasteiger partial charge on any atom is -0.323 e. The zero-order valence-electron chi connectivity index (χ0n) is 15.6. The molecule has 0 aliphatic rings. The molecule has 5 aromatic heterocycles. The van der Waals surface area contributed by atoms with E-state index in [-0.39, 0.29) is 12.1 Å². The molecule has 0 radical (unpaired) electrons. The summed E-state index contributed by atoms with van der Waals surface area (Å²) < 4.78 is 5.63. The molecule has 5 heterocycles. The number of thiazole rings is 1. The molecule has 0 spiro atoms. The number of aromatic amines is 1. The van der Waals surface area contributed by atoms with Gasteiger partial charge in [0, 0.05) is 38.3 Å². The Hall–Kier alpha value is -3.78. The van der Waals surface area contributed by atoms with E-state index in [1.54, 1.807) is 46.2 Å². The van der Waals surface area contributed by atoms with Gasteiger partial charge in [0.15, 0.2) is 5.65 Å². The quantitative estimate of drug-likeness (QED) is 0.481. The third-order valence-corrected chi connectivity index (χ3v) is 5.86. The Morgan fingerprint density at radius 3 is 2.97 bits per heavy atom. The highest BCUT2D eigenvalue weighted by Gasteiger charge is 2.19. The first-order valence-corrected chi connectivity index (χ1v) is 9.62. The lowest BCUT2D eigenvalue weighted by Gasteiger charge is -2.04. The van der Waals surface area contributed by atoms with Gasteiger partial charge in [-0.3, -0.25) is 14.6 Å². The number of nitrogens with one attached hydrogen (secondary N) is 1. The summed E-state index contributed by atoms with van der Waals surface area (Å²) >= 11 is 1.54. The number of hydrogen-bond acceptors (Lipinski definition) is 7. The highest BCUT2D eigenvalue weighted by molar-refractivity contribution is 7.19. The van der Waals surface area contributed by atoms with Gasteiger partial charge in [-0.2, -0.15) is 20.6 Å². The fraction of sp³-hybridized carbons (Fsp3) is 0.222. The van der Waals surface area contributed by atoms with Crippen LogP contribution in [-0.2, 0) is 27.1 Å². The first-order chi connectivity index (χ1) is 14.0. The Morgan fingerprint density at radius 1 is 1.34 bits per heavy atom. The second-order valence-corrected chi connectivity index (χ2v) is 7.79. The molecule has 0 bridgehead atoms. The molecule has 0 unspecified atom stereocenters. The molecule has 0 saturated heterocycles. The molecule has 5 aromatic rings. The summed E-state index contributed by atoms with van der Waals surface area (Å²) in [4.78, 5) is 17.8. The van der Waals surface area contributed by atoms with Crippen LogP contribution in [0.1, 0.15) is 22.0 Å². The van der Waals surface area contributed by atoms with E-state index in [1.165, 1.54) is 4.68 Å². The molecule has 0 aliphatic carbocycles. The highest BCUT2D eigenvalue weighted by Crippen LogP contribution is 2.31. The van der Waals surface area contributed by atoms with Crippen molar-refractivity contribution in [3.63, 3.8) is 0 Å². The largest absolute Gasteiger partial charge is 0.323 e. The minimum absolute atomic E-state index is 0.134. The summed E-state index contributed by atoms with van der Waals surface area (Å²) in [6.07, 6.45) is 5.72. The number of aryl methyl sites for hydroxylation is 2. The van der Waals surface area contributed by atoms with E-state index in [0.29, 0.717) is 23.2 Å². The lowest BCUT2D eigenvalue weighted by Crippen LogP contribution is -2.25. The predicted molar refractivity (Wildman–Crippen MR) is 107 cm³/mol. The van der Waals surface area contributed by atoms with Crippen molar-refractivity contribution in [3.8, 4) is 6.07 Å². The van der Waals surface area contributed by atoms with Crippen molar-refractivity contribution in [2.24, 2.45) is 14.1 Å². The van der Waals surface area contributed by atoms with Crippen LogP contribution in [0, 0.1) is 11.3 Å². The van der Waals surface area contributed by atoms with E-state index in [4.69, 9.17) is 4.98 Å². The third kappa shape index (κ3) is 2.73. The van der Waals surface area contributed by atoms with E-state index < -0.39 is 0 Å². The van der Waals surface area contributed by atoms with Crippen LogP contribution in [0.5, 0.6) is 0 Å². The van der Waals surface area contributed by atoms with E-state index in [1.807, 2.05) is 13.1 Å². The van der Waals surface area contributed by atoms with Crippen molar-refractivity contribution in [3.05, 3.63) is 57.0 Å². The zero-order valence-corrected chi connectivity index (χ0v) is 16.4. The number of fused-ring (bicyclic) bond motifs is 3. The smallest absolute Gasteiger partial charge is 0.291 e. The molecule has 10 nitrogen and oxygen atoms in total. The Bertz CT molecular complexity index is 1460. The van der Waals surface area contributed by atoms with Gasteiger partial charge in [-0.05, 0) is 6.07 Å². The average molecular weight is 405 g/mol. The van der Waals surface area contributed by atoms with Gasteiger partial charge in [0.1, 0.15) is 22.3 Å². The minimum atomic E-state index is -0.237. The molecule has 29 heavy (non-hydrogen) atoms. The molecule has 0 fully saturated rings. The van der Waals surface area contributed by atoms with Crippen molar-refractivity contribution < 1.29 is 0 Å². The standard InChI is InChI=1S/C18H15N9OS/c1-25-8-10(6-19)13(24-25)9-27-18(28)15-12(7-21-27)16-17(26(15)2)22-14(29-16)5-11-3-4-20-23-11/h3-4,7-8H,5,9H2,1-2H3,(H,20,23). The number of nitrogens with zero attached hydrogens (tertiary/aromatic N) is 8. The summed E-state index contributed by atoms with van der Waals surface area (Å²) in [5.41, 5.74) is 2.91. The van der Waals surface area contributed by atoms with Crippen LogP contribution in [0.15, 0.2) is 29.5 Å². The zero-order chi connectivity index (χ0) is 20.1. The van der Waals surface area contributed by atoms with Gasteiger partial charge < -0.3 is 4.57 Å². The Labute approximate surface area is 167 Å². The van der Waals surface area contributed by atoms with Crippen LogP contribution in [0.2, 0.25) is 0 Å². The van der Waals surface area contributed by atoms with E-state index in [9.17, 15) is 10.1 Å². The van der Waals surface area contributed by atoms with E-state index in [2.05, 4.69) is 26.5 Å². The number of rotatable bonds is 4. The second-order valence-electron chi connectivity index (χ2n) is 6.71. The van der Waals surface area contributed by atoms with Crippen LogP contribution in [-0.4, -0.2) is 39.3 Å². The van der Waals surface area contributed by atoms with Crippen molar-refractivity contribution in [2.45, 2.75) is 13.0 Å². The normalized spacial score (nSPS) is 11.5. The van der Waals surface area contributed by atoms with Crippen LogP contribution in [0.3, 0.4) is 0 Å². The molecule has 0 atom stereocenters. The van der Waals surface area contributed by atoms with Gasteiger partial charge >= 0.3 is 0 Å². The first kappa shape index (κ1) is 17.3. The SMILES string of the molecule is Cn1cc(C#N)c(Cn2ncc3c4sc(Cc5cc[nH]n5)nc4n(C)c3c2=O)n1. The van der Waals surface area contributed by atoms with E-state index in [0.717, 1.165) is 26.4 Å². The molecular weight excluding hydrogens is 390 g/mol. The van der Waals surface area contributed by atoms with Crippen LogP contribution >= 0.6 is 11.3 Å². The molecule has 11 heteroatoms. The summed E-state index contributed by atoms with van der Waals surface area (Å²) in [5.74, 6) is 0. The van der Waals surface area contributed by atoms with Gasteiger partial charge in [0.25, 0.3) is 5.56 Å². The molecule has 144 valence electrons. The monoisotopic (exact) mass is 405 g/mol. The summed E-state index contributed by atoms with van der Waals surface area (Å²) in [7, 11) is 3.57. The summed E-state index contributed by atoms with van der Waals surface area (Å²) in [5, 5.41) is 26.5. The fourth-order valence-corrected chi connectivity index (χ4v) is 4.57. The van der Waals surface area contributed by atoms with Gasteiger partial charge in [-0.25, -0.2) is 9.67 Å². The number of aromatic nitrogens is 8. The average Bonchev–Trinajstić information content (AvgIpc) is 3.46. The number of nitriles is 1. The maximum absolute atomic E-state index is 13.1. The summed E-state index contributed by atoms with van der Waals surface area (Å²) in [6.45, 7) is 0.134. The van der Waals surface area contributed by atoms with Crippen LogP contribution < -0.4 is 5.56 Å². The number of hydrogen-bond donors (Lipinski definition) is 1. The molecule has 0 saturated carbocycles. The summed E-state index contributed by atoms with van der Waals surface area (Å²) in [6, 6.07) is 4.01. The third-order valence-electron chi connectivity index (χ3n) is 4.79. The fourth-order valence-electron chi connectivity index (χ4n) is 3.45. The second kappa shape index (κ2) is 6.39. The van der Waals surface area contributed by atoms with Crippen molar-refractivity contribution in [1.29, 1.82) is 5.26 Å². The lowest BCUT2D eigenvalue weighted by molar-refractivity contribution is 0.618. The lowest BCUT2D eigenvalue weighted by atomic mass is 10.2. The maximum Gasteiger partial charge on any atom is 0.291 e. The van der Waals surface area contributed by atoms with Gasteiger partial charge in [-0.1, -0.05) is 0 Å². The highest BCUT2D eigenvalue weighted by atomic mass is 32.1. The molecule has 0 aliphatic heterocycles. The number of H-pyrrole nitrogens is 1. The van der Waals surface area contributed by atoms with Crippen molar-refractivity contribution in [1.82, 2.24) is 39.3 Å². The van der Waals surface area contributed by atoms with Gasteiger partial charge in [0.2, 0.25) is 0 Å². The van der Waals surface area contributed by atoms with Crippen LogP contribution in [0.4, 0.5) is 0 Å². The molecule has 5 rings (SSSR count). The Morgan fingerprint density at radius 2 is 2.21 bits per heavy atom. The van der Waals surface area contributed by atoms with Crippen molar-refractivity contribution in [2.75, 3.05) is 0 Å². The van der Waals surface area contributed by atoms with E-state index >= 15 is 0 Å². The topological polar surface area (TPSA) is 123 Å². The molecule has 0 aromatic carbocycles. The Kier molecular flexibility index (Phi) is 3.82. The van der Waals surface area contributed by atoms with Gasteiger partial charge in [-0.15, -0.1) is 11.3 Å². The predicted octanol–water partition coefficient (Wildman–Crippen LogP) is 1.31. The molecule has 0 amide bonds. The van der Waals surface area contributed by atoms with Gasteiger partial charge in [0.05, 0.1) is 28.7 Å². The van der Waals surface area contributed by atoms with Crippen molar-refractivity contribution >= 4 is 32.6 Å².